The average molecular weight is 272 g/mol. The minimum absolute atomic E-state index is 0.185. The van der Waals surface area contributed by atoms with Gasteiger partial charge in [0.25, 0.3) is 5.91 Å². The van der Waals surface area contributed by atoms with Crippen LogP contribution < -0.4 is 11.1 Å². The van der Waals surface area contributed by atoms with Crippen LogP contribution in [0.15, 0.2) is 48.5 Å². The third kappa shape index (κ3) is 3.82. The maximum absolute atomic E-state index is 13.1. The predicted octanol–water partition coefficient (Wildman–Crippen LogP) is 2.77. The fraction of sp³-hybridized carbons (Fsp3) is 0.188. The van der Waals surface area contributed by atoms with Crippen LogP contribution in [0.4, 0.5) is 10.1 Å². The second kappa shape index (κ2) is 6.70. The van der Waals surface area contributed by atoms with Gasteiger partial charge in [0.05, 0.1) is 5.56 Å². The third-order valence-electron chi connectivity index (χ3n) is 3.03. The van der Waals surface area contributed by atoms with Gasteiger partial charge in [-0.15, -0.1) is 0 Å². The summed E-state index contributed by atoms with van der Waals surface area (Å²) in [4.78, 5) is 11.9. The lowest BCUT2D eigenvalue weighted by Gasteiger charge is -2.07. The van der Waals surface area contributed by atoms with Gasteiger partial charge in [-0.2, -0.15) is 0 Å². The molecule has 2 aromatic carbocycles. The van der Waals surface area contributed by atoms with E-state index >= 15 is 0 Å². The molecule has 20 heavy (non-hydrogen) atoms. The zero-order chi connectivity index (χ0) is 14.4. The Hall–Kier alpha value is -2.36. The highest BCUT2D eigenvalue weighted by Gasteiger charge is 2.09. The summed E-state index contributed by atoms with van der Waals surface area (Å²) in [6.07, 6.45) is 1.71. The van der Waals surface area contributed by atoms with Gasteiger partial charge in [-0.1, -0.05) is 30.3 Å². The van der Waals surface area contributed by atoms with Crippen LogP contribution in [-0.4, -0.2) is 12.5 Å². The van der Waals surface area contributed by atoms with Crippen LogP contribution in [0.1, 0.15) is 22.3 Å². The summed E-state index contributed by atoms with van der Waals surface area (Å²) in [7, 11) is 0. The Labute approximate surface area is 117 Å². The number of aryl methyl sites for hydroxylation is 1. The number of rotatable bonds is 5. The molecule has 0 fully saturated rings. The smallest absolute Gasteiger partial charge is 0.253 e. The van der Waals surface area contributed by atoms with E-state index in [1.165, 1.54) is 17.7 Å². The van der Waals surface area contributed by atoms with Crippen molar-refractivity contribution in [3.63, 3.8) is 0 Å². The van der Waals surface area contributed by atoms with E-state index in [0.717, 1.165) is 18.9 Å². The highest BCUT2D eigenvalue weighted by atomic mass is 19.1. The van der Waals surface area contributed by atoms with Crippen LogP contribution in [-0.2, 0) is 6.42 Å². The number of anilines is 1. The fourth-order valence-electron chi connectivity index (χ4n) is 1.96. The second-order valence-corrected chi connectivity index (χ2v) is 4.58. The van der Waals surface area contributed by atoms with E-state index in [1.807, 2.05) is 30.3 Å². The van der Waals surface area contributed by atoms with Gasteiger partial charge in [0.1, 0.15) is 5.82 Å². The molecule has 3 nitrogen and oxygen atoms in total. The Morgan fingerprint density at radius 3 is 2.65 bits per heavy atom. The molecule has 0 spiro atoms. The Morgan fingerprint density at radius 1 is 1.15 bits per heavy atom. The number of nitrogen functional groups attached to an aromatic ring is 1. The van der Waals surface area contributed by atoms with Crippen molar-refractivity contribution in [2.75, 3.05) is 12.3 Å². The number of hydrogen-bond acceptors (Lipinski definition) is 2. The Morgan fingerprint density at radius 2 is 1.90 bits per heavy atom. The molecule has 0 aromatic heterocycles. The molecule has 0 radical (unpaired) electrons. The maximum Gasteiger partial charge on any atom is 0.253 e. The number of benzene rings is 2. The van der Waals surface area contributed by atoms with E-state index in [1.54, 1.807) is 0 Å². The summed E-state index contributed by atoms with van der Waals surface area (Å²) in [6.45, 7) is 0.531. The van der Waals surface area contributed by atoms with Crippen molar-refractivity contribution in [2.45, 2.75) is 12.8 Å². The van der Waals surface area contributed by atoms with Gasteiger partial charge >= 0.3 is 0 Å². The van der Waals surface area contributed by atoms with Gasteiger partial charge in [-0.05, 0) is 36.6 Å². The van der Waals surface area contributed by atoms with Gasteiger partial charge in [0.2, 0.25) is 0 Å². The molecule has 0 saturated heterocycles. The normalized spacial score (nSPS) is 10.2. The van der Waals surface area contributed by atoms with Gasteiger partial charge in [-0.3, -0.25) is 4.79 Å². The summed E-state index contributed by atoms with van der Waals surface area (Å²) in [5, 5.41) is 2.75. The van der Waals surface area contributed by atoms with Crippen LogP contribution in [0, 0.1) is 5.82 Å². The zero-order valence-corrected chi connectivity index (χ0v) is 11.1. The Balaban J connectivity index is 1.82. The minimum Gasteiger partial charge on any atom is -0.398 e. The molecule has 0 atom stereocenters. The highest BCUT2D eigenvalue weighted by Crippen LogP contribution is 2.13. The minimum atomic E-state index is -0.464. The number of hydrogen-bond donors (Lipinski definition) is 2. The number of halogens is 1. The van der Waals surface area contributed by atoms with E-state index in [9.17, 15) is 9.18 Å². The largest absolute Gasteiger partial charge is 0.398 e. The van der Waals surface area contributed by atoms with Crippen LogP contribution in [0.25, 0.3) is 0 Å². The Bertz CT molecular complexity index is 584. The number of carbonyl (C=O) groups excluding carboxylic acids is 1. The standard InChI is InChI=1S/C16H17FN2O/c17-13-8-9-15(18)14(11-13)16(20)19-10-4-7-12-5-2-1-3-6-12/h1-3,5-6,8-9,11H,4,7,10,18H2,(H,19,20). The predicted molar refractivity (Wildman–Crippen MR) is 77.9 cm³/mol. The fourth-order valence-corrected chi connectivity index (χ4v) is 1.96. The van der Waals surface area contributed by atoms with E-state index in [-0.39, 0.29) is 17.2 Å². The molecule has 0 saturated carbocycles. The van der Waals surface area contributed by atoms with Crippen molar-refractivity contribution >= 4 is 11.6 Å². The van der Waals surface area contributed by atoms with Gasteiger partial charge in [0, 0.05) is 12.2 Å². The molecule has 0 bridgehead atoms. The summed E-state index contributed by atoms with van der Waals surface area (Å²) in [6, 6.07) is 13.8. The average Bonchev–Trinajstić information content (AvgIpc) is 2.47. The summed E-state index contributed by atoms with van der Waals surface area (Å²) in [5.41, 5.74) is 7.36. The summed E-state index contributed by atoms with van der Waals surface area (Å²) < 4.78 is 13.1. The lowest BCUT2D eigenvalue weighted by molar-refractivity contribution is 0.0953. The number of nitrogens with two attached hydrogens (primary N) is 1. The van der Waals surface area contributed by atoms with Crippen LogP contribution in [0.3, 0.4) is 0 Å². The summed E-state index contributed by atoms with van der Waals surface area (Å²) >= 11 is 0. The quantitative estimate of drug-likeness (QED) is 0.649. The molecule has 0 aliphatic rings. The van der Waals surface area contributed by atoms with Crippen LogP contribution in [0.5, 0.6) is 0 Å². The molecule has 104 valence electrons. The Kier molecular flexibility index (Phi) is 4.71. The lowest BCUT2D eigenvalue weighted by Crippen LogP contribution is -2.25. The maximum atomic E-state index is 13.1. The first-order chi connectivity index (χ1) is 9.66. The van der Waals surface area contributed by atoms with Crippen molar-refractivity contribution in [3.05, 3.63) is 65.5 Å². The van der Waals surface area contributed by atoms with E-state index < -0.39 is 5.82 Å². The number of carbonyl (C=O) groups is 1. The highest BCUT2D eigenvalue weighted by molar-refractivity contribution is 5.99. The molecule has 2 rings (SSSR count). The molecule has 1 amide bonds. The van der Waals surface area contributed by atoms with Gasteiger partial charge < -0.3 is 11.1 Å². The monoisotopic (exact) mass is 272 g/mol. The number of nitrogens with one attached hydrogen (secondary N) is 1. The van der Waals surface area contributed by atoms with Gasteiger partial charge in [0.15, 0.2) is 0 Å². The molecule has 0 aliphatic carbocycles. The lowest BCUT2D eigenvalue weighted by atomic mass is 10.1. The van der Waals surface area contributed by atoms with E-state index in [4.69, 9.17) is 5.73 Å². The molecular weight excluding hydrogens is 255 g/mol. The topological polar surface area (TPSA) is 55.1 Å². The van der Waals surface area contributed by atoms with Crippen molar-refractivity contribution in [1.29, 1.82) is 0 Å². The van der Waals surface area contributed by atoms with Gasteiger partial charge in [-0.25, -0.2) is 4.39 Å². The van der Waals surface area contributed by atoms with Crippen LogP contribution in [0.2, 0.25) is 0 Å². The van der Waals surface area contributed by atoms with Crippen molar-refractivity contribution in [3.8, 4) is 0 Å². The number of amides is 1. The second-order valence-electron chi connectivity index (χ2n) is 4.58. The van der Waals surface area contributed by atoms with Crippen molar-refractivity contribution in [2.24, 2.45) is 0 Å². The molecule has 0 aliphatic heterocycles. The molecule has 0 heterocycles. The van der Waals surface area contributed by atoms with E-state index in [2.05, 4.69) is 5.32 Å². The molecular formula is C16H17FN2O. The van der Waals surface area contributed by atoms with Crippen LogP contribution >= 0.6 is 0 Å². The van der Waals surface area contributed by atoms with Crippen molar-refractivity contribution in [1.82, 2.24) is 5.32 Å². The van der Waals surface area contributed by atoms with E-state index in [0.29, 0.717) is 6.54 Å². The molecule has 2 aromatic rings. The molecule has 0 unspecified atom stereocenters. The zero-order valence-electron chi connectivity index (χ0n) is 11.1. The first-order valence-electron chi connectivity index (χ1n) is 6.54. The first-order valence-corrected chi connectivity index (χ1v) is 6.54. The third-order valence-corrected chi connectivity index (χ3v) is 3.03. The summed E-state index contributed by atoms with van der Waals surface area (Å²) in [5.74, 6) is -0.802. The molecule has 3 N–H and O–H groups in total. The first kappa shape index (κ1) is 14.1. The SMILES string of the molecule is Nc1ccc(F)cc1C(=O)NCCCc1ccccc1. The molecule has 4 heteroatoms. The van der Waals surface area contributed by atoms with Crippen molar-refractivity contribution < 1.29 is 9.18 Å².